The van der Waals surface area contributed by atoms with Crippen LogP contribution in [-0.2, 0) is 11.2 Å². The summed E-state index contributed by atoms with van der Waals surface area (Å²) in [5.74, 6) is -0.573. The molecule has 78 valence electrons. The maximum absolute atomic E-state index is 11.3. The van der Waals surface area contributed by atoms with E-state index in [1.54, 1.807) is 6.20 Å². The van der Waals surface area contributed by atoms with E-state index in [0.29, 0.717) is 5.52 Å². The normalized spacial score (nSPS) is 10.5. The summed E-state index contributed by atoms with van der Waals surface area (Å²) in [5, 5.41) is 3.57. The minimum atomic E-state index is -0.573. The lowest BCUT2D eigenvalue weighted by atomic mass is 10.3. The van der Waals surface area contributed by atoms with E-state index in [4.69, 9.17) is 4.52 Å². The number of hydrogen-bond acceptors (Lipinski definition) is 6. The first-order chi connectivity index (χ1) is 7.26. The van der Waals surface area contributed by atoms with Crippen LogP contribution < -0.4 is 0 Å². The van der Waals surface area contributed by atoms with Gasteiger partial charge in [-0.1, -0.05) is 12.1 Å². The van der Waals surface area contributed by atoms with Gasteiger partial charge in [0.2, 0.25) is 5.69 Å². The van der Waals surface area contributed by atoms with E-state index in [0.717, 1.165) is 12.1 Å². The summed E-state index contributed by atoms with van der Waals surface area (Å²) in [6.07, 6.45) is 2.32. The molecule has 0 aliphatic rings. The molecule has 2 heterocycles. The number of ether oxygens (including phenoxy) is 1. The molecule has 0 saturated carbocycles. The highest BCUT2D eigenvalue weighted by Gasteiger charge is 2.18. The molecule has 0 aliphatic carbocycles. The molecule has 0 bridgehead atoms. The van der Waals surface area contributed by atoms with Gasteiger partial charge in [0.25, 0.3) is 5.71 Å². The van der Waals surface area contributed by atoms with Gasteiger partial charge in [-0.2, -0.15) is 0 Å². The summed E-state index contributed by atoms with van der Waals surface area (Å²) in [4.78, 5) is 19.5. The molecule has 0 N–H and O–H groups in total. The minimum Gasteiger partial charge on any atom is -0.464 e. The Morgan fingerprint density at radius 2 is 2.40 bits per heavy atom. The van der Waals surface area contributed by atoms with Gasteiger partial charge in [0.1, 0.15) is 0 Å². The molecular weight excluding hydrogens is 198 g/mol. The fraction of sp³-hybridized carbons (Fsp3) is 0.333. The largest absolute Gasteiger partial charge is 0.464 e. The van der Waals surface area contributed by atoms with E-state index in [1.807, 2.05) is 6.92 Å². The molecule has 2 rings (SSSR count). The number of fused-ring (bicyclic) bond motifs is 1. The average Bonchev–Trinajstić information content (AvgIpc) is 2.70. The number of aromatic nitrogens is 3. The van der Waals surface area contributed by atoms with E-state index in [2.05, 4.69) is 19.9 Å². The van der Waals surface area contributed by atoms with Crippen molar-refractivity contribution in [2.45, 2.75) is 13.3 Å². The average molecular weight is 207 g/mol. The van der Waals surface area contributed by atoms with E-state index < -0.39 is 5.97 Å². The molecule has 6 nitrogen and oxygen atoms in total. The molecule has 15 heavy (non-hydrogen) atoms. The number of carbonyl (C=O) groups is 1. The molecule has 0 aliphatic heterocycles. The second-order valence-corrected chi connectivity index (χ2v) is 2.89. The van der Waals surface area contributed by atoms with E-state index >= 15 is 0 Å². The zero-order valence-electron chi connectivity index (χ0n) is 8.35. The standard InChI is InChI=1S/C9H9N3O3/c1-3-5-4-10-8-6(11-5)7(12-15-8)9(13)14-2/h4H,3H2,1-2H3. The number of rotatable bonds is 2. The van der Waals surface area contributed by atoms with Crippen LogP contribution >= 0.6 is 0 Å². The first-order valence-electron chi connectivity index (χ1n) is 4.46. The molecule has 0 fully saturated rings. The number of aryl methyl sites for hydroxylation is 1. The van der Waals surface area contributed by atoms with Crippen LogP contribution in [0.25, 0.3) is 11.2 Å². The number of methoxy groups -OCH3 is 1. The molecule has 0 amide bonds. The Labute approximate surface area is 85.3 Å². The van der Waals surface area contributed by atoms with E-state index in [9.17, 15) is 4.79 Å². The maximum Gasteiger partial charge on any atom is 0.362 e. The van der Waals surface area contributed by atoms with Gasteiger partial charge < -0.3 is 9.26 Å². The van der Waals surface area contributed by atoms with Crippen LogP contribution in [0.3, 0.4) is 0 Å². The number of hydrogen-bond donors (Lipinski definition) is 0. The van der Waals surface area contributed by atoms with Gasteiger partial charge in [-0.05, 0) is 6.42 Å². The van der Waals surface area contributed by atoms with E-state index in [1.165, 1.54) is 7.11 Å². The Balaban J connectivity index is 2.61. The van der Waals surface area contributed by atoms with Gasteiger partial charge in [0.15, 0.2) is 5.52 Å². The summed E-state index contributed by atoms with van der Waals surface area (Å²) >= 11 is 0. The fourth-order valence-electron chi connectivity index (χ4n) is 1.17. The van der Waals surface area contributed by atoms with Crippen LogP contribution in [0.1, 0.15) is 23.1 Å². The van der Waals surface area contributed by atoms with Gasteiger partial charge >= 0.3 is 5.97 Å². The third kappa shape index (κ3) is 1.54. The Hall–Kier alpha value is -1.98. The van der Waals surface area contributed by atoms with Crippen molar-refractivity contribution in [3.05, 3.63) is 17.6 Å². The van der Waals surface area contributed by atoms with Crippen molar-refractivity contribution in [2.75, 3.05) is 7.11 Å². The van der Waals surface area contributed by atoms with Crippen LogP contribution in [0.5, 0.6) is 0 Å². The smallest absolute Gasteiger partial charge is 0.362 e. The number of esters is 1. The summed E-state index contributed by atoms with van der Waals surface area (Å²) in [6, 6.07) is 0. The number of nitrogens with zero attached hydrogens (tertiary/aromatic N) is 3. The van der Waals surface area contributed by atoms with Gasteiger partial charge in [-0.15, -0.1) is 0 Å². The predicted molar refractivity (Wildman–Crippen MR) is 50.3 cm³/mol. The fourth-order valence-corrected chi connectivity index (χ4v) is 1.17. The highest BCUT2D eigenvalue weighted by Crippen LogP contribution is 2.14. The molecule has 2 aromatic heterocycles. The molecule has 0 radical (unpaired) electrons. The third-order valence-electron chi connectivity index (χ3n) is 1.98. The van der Waals surface area contributed by atoms with Crippen molar-refractivity contribution in [1.29, 1.82) is 0 Å². The first-order valence-corrected chi connectivity index (χ1v) is 4.46. The topological polar surface area (TPSA) is 78.1 Å². The molecule has 0 aromatic carbocycles. The maximum atomic E-state index is 11.3. The summed E-state index contributed by atoms with van der Waals surface area (Å²) in [7, 11) is 1.28. The lowest BCUT2D eigenvalue weighted by Gasteiger charge is -1.95. The Bertz CT molecular complexity index is 506. The highest BCUT2D eigenvalue weighted by molar-refractivity contribution is 5.98. The second-order valence-electron chi connectivity index (χ2n) is 2.89. The molecule has 0 unspecified atom stereocenters. The summed E-state index contributed by atoms with van der Waals surface area (Å²) < 4.78 is 9.39. The van der Waals surface area contributed by atoms with Gasteiger partial charge in [-0.25, -0.2) is 14.8 Å². The lowest BCUT2D eigenvalue weighted by molar-refractivity contribution is 0.0591. The Kier molecular flexibility index (Phi) is 2.32. The van der Waals surface area contributed by atoms with Crippen LogP contribution in [0, 0.1) is 0 Å². The van der Waals surface area contributed by atoms with Crippen molar-refractivity contribution < 1.29 is 14.1 Å². The number of carbonyl (C=O) groups excluding carboxylic acids is 1. The molecule has 2 aromatic rings. The van der Waals surface area contributed by atoms with Crippen LogP contribution in [0.15, 0.2) is 10.7 Å². The SMILES string of the molecule is CCc1cnc2onc(C(=O)OC)c2n1. The van der Waals surface area contributed by atoms with Gasteiger partial charge in [0, 0.05) is 0 Å². The van der Waals surface area contributed by atoms with Crippen LogP contribution in [0.4, 0.5) is 0 Å². The quantitative estimate of drug-likeness (QED) is 0.682. The second kappa shape index (κ2) is 3.64. The van der Waals surface area contributed by atoms with Crippen LogP contribution in [0.2, 0.25) is 0 Å². The van der Waals surface area contributed by atoms with Crippen molar-refractivity contribution >= 4 is 17.2 Å². The van der Waals surface area contributed by atoms with Crippen molar-refractivity contribution in [3.8, 4) is 0 Å². The Morgan fingerprint density at radius 3 is 3.07 bits per heavy atom. The zero-order valence-corrected chi connectivity index (χ0v) is 8.35. The summed E-state index contributed by atoms with van der Waals surface area (Å²) in [6.45, 7) is 1.95. The monoisotopic (exact) mass is 207 g/mol. The Morgan fingerprint density at radius 1 is 1.60 bits per heavy atom. The van der Waals surface area contributed by atoms with Crippen molar-refractivity contribution in [1.82, 2.24) is 15.1 Å². The molecule has 0 spiro atoms. The van der Waals surface area contributed by atoms with Gasteiger partial charge in [-0.3, -0.25) is 0 Å². The molecule has 6 heteroatoms. The van der Waals surface area contributed by atoms with Gasteiger partial charge in [0.05, 0.1) is 19.0 Å². The van der Waals surface area contributed by atoms with Crippen molar-refractivity contribution in [3.63, 3.8) is 0 Å². The highest BCUT2D eigenvalue weighted by atomic mass is 16.5. The third-order valence-corrected chi connectivity index (χ3v) is 1.98. The molecular formula is C9H9N3O3. The molecule has 0 atom stereocenters. The van der Waals surface area contributed by atoms with Crippen molar-refractivity contribution in [2.24, 2.45) is 0 Å². The van der Waals surface area contributed by atoms with Crippen LogP contribution in [-0.4, -0.2) is 28.2 Å². The first kappa shape index (κ1) is 9.57. The predicted octanol–water partition coefficient (Wildman–Crippen LogP) is 0.967. The lowest BCUT2D eigenvalue weighted by Crippen LogP contribution is -2.03. The molecule has 0 saturated heterocycles. The van der Waals surface area contributed by atoms with E-state index in [-0.39, 0.29) is 11.4 Å². The minimum absolute atomic E-state index is 0.0651. The summed E-state index contributed by atoms with van der Waals surface area (Å²) in [5.41, 5.74) is 1.43. The zero-order chi connectivity index (χ0) is 10.8.